The fourth-order valence-electron chi connectivity index (χ4n) is 2.27. The summed E-state index contributed by atoms with van der Waals surface area (Å²) in [6, 6.07) is 3.95. The van der Waals surface area contributed by atoms with Crippen molar-refractivity contribution in [3.05, 3.63) is 35.2 Å². The van der Waals surface area contributed by atoms with Gasteiger partial charge in [-0.2, -0.15) is 0 Å². The van der Waals surface area contributed by atoms with Gasteiger partial charge >= 0.3 is 0 Å². The summed E-state index contributed by atoms with van der Waals surface area (Å²) in [5.41, 5.74) is 6.82. The second-order valence-corrected chi connectivity index (χ2v) is 4.54. The van der Waals surface area contributed by atoms with E-state index in [2.05, 4.69) is 20.4 Å². The molecule has 2 heterocycles. The first-order valence-electron chi connectivity index (χ1n) is 6.07. The van der Waals surface area contributed by atoms with Gasteiger partial charge in [0.15, 0.2) is 5.82 Å². The molecule has 0 unspecified atom stereocenters. The molecule has 2 aromatic rings. The maximum absolute atomic E-state index is 5.53. The van der Waals surface area contributed by atoms with Crippen LogP contribution in [0.3, 0.4) is 0 Å². The van der Waals surface area contributed by atoms with Gasteiger partial charge in [-0.05, 0) is 37.8 Å². The van der Waals surface area contributed by atoms with Gasteiger partial charge in [-0.1, -0.05) is 6.07 Å². The summed E-state index contributed by atoms with van der Waals surface area (Å²) in [5, 5.41) is 0. The number of nitrogens with two attached hydrogens (primary N) is 1. The lowest BCUT2D eigenvalue weighted by molar-refractivity contribution is 0.899. The van der Waals surface area contributed by atoms with Crippen molar-refractivity contribution in [2.75, 3.05) is 5.43 Å². The number of nitrogens with zero attached hydrogens (tertiary/aromatic N) is 3. The maximum atomic E-state index is 5.53. The van der Waals surface area contributed by atoms with Crippen LogP contribution in [0.2, 0.25) is 0 Å². The lowest BCUT2D eigenvalue weighted by Crippen LogP contribution is -2.13. The minimum Gasteiger partial charge on any atom is -0.308 e. The predicted molar refractivity (Wildman–Crippen MR) is 69.8 cm³/mol. The van der Waals surface area contributed by atoms with Crippen LogP contribution < -0.4 is 11.3 Å². The number of nitrogen functional groups attached to an aromatic ring is 1. The first kappa shape index (κ1) is 11.1. The third-order valence-electron chi connectivity index (χ3n) is 3.21. The van der Waals surface area contributed by atoms with Crippen LogP contribution in [0.25, 0.3) is 11.5 Å². The first-order valence-corrected chi connectivity index (χ1v) is 6.07. The van der Waals surface area contributed by atoms with Crippen molar-refractivity contribution in [1.29, 1.82) is 0 Å². The average molecular weight is 241 g/mol. The zero-order valence-corrected chi connectivity index (χ0v) is 10.3. The Labute approximate surface area is 105 Å². The molecule has 0 aromatic carbocycles. The van der Waals surface area contributed by atoms with E-state index in [9.17, 15) is 0 Å². The highest BCUT2D eigenvalue weighted by Gasteiger charge is 2.19. The molecule has 1 aliphatic carbocycles. The van der Waals surface area contributed by atoms with E-state index in [0.29, 0.717) is 5.82 Å². The summed E-state index contributed by atoms with van der Waals surface area (Å²) in [7, 11) is 0. The number of hydrogen-bond acceptors (Lipinski definition) is 5. The van der Waals surface area contributed by atoms with Crippen molar-refractivity contribution in [2.24, 2.45) is 5.84 Å². The zero-order valence-electron chi connectivity index (χ0n) is 10.3. The Hall–Kier alpha value is -2.01. The second-order valence-electron chi connectivity index (χ2n) is 4.54. The van der Waals surface area contributed by atoms with Crippen LogP contribution >= 0.6 is 0 Å². The van der Waals surface area contributed by atoms with Crippen LogP contribution in [0, 0.1) is 6.92 Å². The molecule has 0 radical (unpaired) electrons. The molecule has 0 spiro atoms. The Kier molecular flexibility index (Phi) is 2.68. The van der Waals surface area contributed by atoms with Gasteiger partial charge in [-0.25, -0.2) is 15.8 Å². The molecule has 0 saturated heterocycles. The first-order chi connectivity index (χ1) is 8.78. The molecule has 1 aliphatic rings. The molecule has 3 rings (SSSR count). The number of hydrogen-bond donors (Lipinski definition) is 2. The third-order valence-corrected chi connectivity index (χ3v) is 3.21. The number of anilines is 1. The molecule has 0 saturated carbocycles. The van der Waals surface area contributed by atoms with E-state index >= 15 is 0 Å². The van der Waals surface area contributed by atoms with Gasteiger partial charge in [0.1, 0.15) is 11.5 Å². The molecule has 0 amide bonds. The Bertz CT molecular complexity index is 577. The summed E-state index contributed by atoms with van der Waals surface area (Å²) >= 11 is 0. The van der Waals surface area contributed by atoms with Gasteiger partial charge in [0.2, 0.25) is 0 Å². The highest BCUT2D eigenvalue weighted by Crippen LogP contribution is 2.28. The molecule has 0 fully saturated rings. The van der Waals surface area contributed by atoms with Gasteiger partial charge < -0.3 is 5.43 Å². The molecular formula is C13H15N5. The summed E-state index contributed by atoms with van der Waals surface area (Å²) in [6.45, 7) is 2.01. The fourth-order valence-corrected chi connectivity index (χ4v) is 2.27. The number of pyridine rings is 1. The summed E-state index contributed by atoms with van der Waals surface area (Å²) < 4.78 is 0. The number of nitrogens with one attached hydrogen (secondary N) is 1. The topological polar surface area (TPSA) is 76.7 Å². The van der Waals surface area contributed by atoms with Gasteiger partial charge in [-0.3, -0.25) is 4.98 Å². The number of fused-ring (bicyclic) bond motifs is 1. The van der Waals surface area contributed by atoms with Crippen LogP contribution in [0.15, 0.2) is 18.3 Å². The SMILES string of the molecule is Cc1ccc(-c2nc3c(c(NN)n2)CCC3)nc1. The molecule has 92 valence electrons. The van der Waals surface area contributed by atoms with E-state index in [4.69, 9.17) is 5.84 Å². The Morgan fingerprint density at radius 2 is 2.11 bits per heavy atom. The highest BCUT2D eigenvalue weighted by atomic mass is 15.3. The van der Waals surface area contributed by atoms with Crippen LogP contribution in [0.4, 0.5) is 5.82 Å². The van der Waals surface area contributed by atoms with Crippen molar-refractivity contribution in [3.8, 4) is 11.5 Å². The van der Waals surface area contributed by atoms with E-state index in [-0.39, 0.29) is 0 Å². The number of hydrazine groups is 1. The van der Waals surface area contributed by atoms with Crippen LogP contribution in [0.5, 0.6) is 0 Å². The van der Waals surface area contributed by atoms with Crippen molar-refractivity contribution in [2.45, 2.75) is 26.2 Å². The third kappa shape index (κ3) is 1.82. The van der Waals surface area contributed by atoms with Crippen molar-refractivity contribution >= 4 is 5.82 Å². The number of aryl methyl sites for hydroxylation is 2. The lowest BCUT2D eigenvalue weighted by atomic mass is 10.2. The van der Waals surface area contributed by atoms with E-state index in [1.54, 1.807) is 0 Å². The Morgan fingerprint density at radius 3 is 2.83 bits per heavy atom. The maximum Gasteiger partial charge on any atom is 0.180 e. The molecule has 18 heavy (non-hydrogen) atoms. The van der Waals surface area contributed by atoms with Crippen molar-refractivity contribution in [3.63, 3.8) is 0 Å². The minimum absolute atomic E-state index is 0.642. The summed E-state index contributed by atoms with van der Waals surface area (Å²) in [5.74, 6) is 6.91. The zero-order chi connectivity index (χ0) is 12.5. The number of aromatic nitrogens is 3. The normalized spacial score (nSPS) is 13.4. The van der Waals surface area contributed by atoms with Gasteiger partial charge in [0.05, 0.1) is 0 Å². The minimum atomic E-state index is 0.642. The Morgan fingerprint density at radius 1 is 1.22 bits per heavy atom. The van der Waals surface area contributed by atoms with Gasteiger partial charge in [-0.15, -0.1) is 0 Å². The number of rotatable bonds is 2. The average Bonchev–Trinajstić information content (AvgIpc) is 2.86. The van der Waals surface area contributed by atoms with E-state index in [0.717, 1.165) is 47.6 Å². The molecule has 0 bridgehead atoms. The van der Waals surface area contributed by atoms with E-state index < -0.39 is 0 Å². The predicted octanol–water partition coefficient (Wildman–Crippen LogP) is 1.62. The van der Waals surface area contributed by atoms with E-state index in [1.165, 1.54) is 0 Å². The molecule has 2 aromatic heterocycles. The van der Waals surface area contributed by atoms with Crippen LogP contribution in [0.1, 0.15) is 23.2 Å². The summed E-state index contributed by atoms with van der Waals surface area (Å²) in [6.07, 6.45) is 4.92. The van der Waals surface area contributed by atoms with E-state index in [1.807, 2.05) is 25.3 Å². The molecule has 0 atom stereocenters. The van der Waals surface area contributed by atoms with Crippen molar-refractivity contribution < 1.29 is 0 Å². The molecule has 3 N–H and O–H groups in total. The highest BCUT2D eigenvalue weighted by molar-refractivity contribution is 5.57. The molecule has 5 nitrogen and oxygen atoms in total. The monoisotopic (exact) mass is 241 g/mol. The molecule has 5 heteroatoms. The fraction of sp³-hybridized carbons (Fsp3) is 0.308. The Balaban J connectivity index is 2.10. The smallest absolute Gasteiger partial charge is 0.180 e. The largest absolute Gasteiger partial charge is 0.308 e. The van der Waals surface area contributed by atoms with Crippen molar-refractivity contribution in [1.82, 2.24) is 15.0 Å². The molecule has 0 aliphatic heterocycles. The molecular weight excluding hydrogens is 226 g/mol. The lowest BCUT2D eigenvalue weighted by Gasteiger charge is -2.08. The van der Waals surface area contributed by atoms with Gasteiger partial charge in [0, 0.05) is 17.5 Å². The summed E-state index contributed by atoms with van der Waals surface area (Å²) in [4.78, 5) is 13.4. The van der Waals surface area contributed by atoms with Crippen LogP contribution in [-0.4, -0.2) is 15.0 Å². The standard InChI is InChI=1S/C13H15N5/c1-8-5-6-11(15-7-8)13-16-10-4-2-3-9(10)12(17-13)18-14/h5-7H,2-4,14H2,1H3,(H,16,17,18). The quantitative estimate of drug-likeness (QED) is 0.617. The van der Waals surface area contributed by atoms with Gasteiger partial charge in [0.25, 0.3) is 0 Å². The second kappa shape index (κ2) is 4.34. The van der Waals surface area contributed by atoms with Crippen LogP contribution in [-0.2, 0) is 12.8 Å².